The van der Waals surface area contributed by atoms with Gasteiger partial charge in [-0.2, -0.15) is 0 Å². The minimum Gasteiger partial charge on any atom is -0.495 e. The van der Waals surface area contributed by atoms with E-state index in [4.69, 9.17) is 21.1 Å². The van der Waals surface area contributed by atoms with Crippen LogP contribution >= 0.6 is 39.3 Å². The number of benzene rings is 2. The standard InChI is InChI=1S/C21H20BrClN4O3S/c1-4-9-27-20(13-5-7-14(22)8-6-13)25-26-21(27)31-12-19(28)24-16-11-17(29-2)15(23)10-18(16)30-3/h4-8,10-11H,1,9,12H2,2-3H3,(H,24,28). The van der Waals surface area contributed by atoms with Crippen LogP contribution in [0.15, 0.2) is 58.7 Å². The summed E-state index contributed by atoms with van der Waals surface area (Å²) in [6.07, 6.45) is 1.76. The van der Waals surface area contributed by atoms with E-state index in [1.165, 1.54) is 26.0 Å². The number of rotatable bonds is 9. The summed E-state index contributed by atoms with van der Waals surface area (Å²) in [7, 11) is 3.01. The molecule has 1 amide bonds. The zero-order valence-corrected chi connectivity index (χ0v) is 20.1. The van der Waals surface area contributed by atoms with Gasteiger partial charge in [0.1, 0.15) is 11.5 Å². The van der Waals surface area contributed by atoms with Crippen molar-refractivity contribution in [1.82, 2.24) is 14.8 Å². The third-order valence-electron chi connectivity index (χ3n) is 4.21. The summed E-state index contributed by atoms with van der Waals surface area (Å²) in [6, 6.07) is 11.0. The number of hydrogen-bond donors (Lipinski definition) is 1. The molecule has 1 N–H and O–H groups in total. The Morgan fingerprint density at radius 3 is 2.58 bits per heavy atom. The fraction of sp³-hybridized carbons (Fsp3) is 0.190. The lowest BCUT2D eigenvalue weighted by Gasteiger charge is -2.13. The summed E-state index contributed by atoms with van der Waals surface area (Å²) in [5.41, 5.74) is 1.39. The molecule has 0 fully saturated rings. The molecule has 0 saturated carbocycles. The molecular formula is C21H20BrClN4O3S. The molecule has 1 aromatic heterocycles. The second kappa shape index (κ2) is 10.7. The van der Waals surface area contributed by atoms with Crippen LogP contribution in [0.2, 0.25) is 5.02 Å². The number of aromatic nitrogens is 3. The van der Waals surface area contributed by atoms with Crippen molar-refractivity contribution in [3.63, 3.8) is 0 Å². The van der Waals surface area contributed by atoms with Gasteiger partial charge in [-0.05, 0) is 12.1 Å². The Kier molecular flexibility index (Phi) is 8.00. The Labute approximate surface area is 197 Å². The third kappa shape index (κ3) is 5.61. The van der Waals surface area contributed by atoms with Crippen LogP contribution in [0.4, 0.5) is 5.69 Å². The summed E-state index contributed by atoms with van der Waals surface area (Å²) in [5.74, 6) is 1.49. The van der Waals surface area contributed by atoms with E-state index in [2.05, 4.69) is 38.0 Å². The molecule has 0 aliphatic heterocycles. The van der Waals surface area contributed by atoms with Crippen molar-refractivity contribution in [2.45, 2.75) is 11.7 Å². The summed E-state index contributed by atoms with van der Waals surface area (Å²) >= 11 is 10.8. The van der Waals surface area contributed by atoms with E-state index in [1.54, 1.807) is 18.2 Å². The molecule has 0 radical (unpaired) electrons. The smallest absolute Gasteiger partial charge is 0.234 e. The molecule has 0 aliphatic rings. The molecule has 10 heteroatoms. The van der Waals surface area contributed by atoms with Gasteiger partial charge >= 0.3 is 0 Å². The van der Waals surface area contributed by atoms with Gasteiger partial charge in [-0.1, -0.05) is 57.5 Å². The average molecular weight is 524 g/mol. The minimum atomic E-state index is -0.231. The number of methoxy groups -OCH3 is 2. The molecule has 31 heavy (non-hydrogen) atoms. The van der Waals surface area contributed by atoms with Gasteiger partial charge in [0.2, 0.25) is 5.91 Å². The number of nitrogens with zero attached hydrogens (tertiary/aromatic N) is 3. The topological polar surface area (TPSA) is 78.3 Å². The first kappa shape index (κ1) is 23.2. The molecule has 162 valence electrons. The zero-order chi connectivity index (χ0) is 22.4. The summed E-state index contributed by atoms with van der Waals surface area (Å²) in [4.78, 5) is 12.6. The molecular weight excluding hydrogens is 504 g/mol. The Bertz CT molecular complexity index is 1090. The van der Waals surface area contributed by atoms with E-state index in [1.807, 2.05) is 28.8 Å². The summed E-state index contributed by atoms with van der Waals surface area (Å²) in [5, 5.41) is 12.4. The van der Waals surface area contributed by atoms with E-state index >= 15 is 0 Å². The van der Waals surface area contributed by atoms with Gasteiger partial charge in [-0.15, -0.1) is 16.8 Å². The fourth-order valence-electron chi connectivity index (χ4n) is 2.78. The predicted octanol–water partition coefficient (Wildman–Crippen LogP) is 5.30. The first-order valence-corrected chi connectivity index (χ1v) is 11.3. The maximum absolute atomic E-state index is 12.6. The Morgan fingerprint density at radius 1 is 1.23 bits per heavy atom. The number of amides is 1. The number of thioether (sulfide) groups is 1. The van der Waals surface area contributed by atoms with Gasteiger partial charge in [0.25, 0.3) is 0 Å². The number of carbonyl (C=O) groups excluding carboxylic acids is 1. The van der Waals surface area contributed by atoms with Crippen LogP contribution in [0.5, 0.6) is 11.5 Å². The number of nitrogens with one attached hydrogen (secondary N) is 1. The van der Waals surface area contributed by atoms with Crippen LogP contribution in [0.3, 0.4) is 0 Å². The second-order valence-corrected chi connectivity index (χ2v) is 8.50. The van der Waals surface area contributed by atoms with Crippen molar-refractivity contribution in [3.8, 4) is 22.9 Å². The van der Waals surface area contributed by atoms with Crippen LogP contribution in [0.1, 0.15) is 0 Å². The monoisotopic (exact) mass is 522 g/mol. The number of ether oxygens (including phenoxy) is 2. The molecule has 0 saturated heterocycles. The summed E-state index contributed by atoms with van der Waals surface area (Å²) < 4.78 is 13.4. The predicted molar refractivity (Wildman–Crippen MR) is 127 cm³/mol. The van der Waals surface area contributed by atoms with Crippen molar-refractivity contribution >= 4 is 50.9 Å². The SMILES string of the molecule is C=CCn1c(SCC(=O)Nc2cc(OC)c(Cl)cc2OC)nnc1-c1ccc(Br)cc1. The van der Waals surface area contributed by atoms with Crippen LogP contribution in [-0.4, -0.2) is 40.6 Å². The molecule has 3 rings (SSSR count). The number of anilines is 1. The highest BCUT2D eigenvalue weighted by Gasteiger charge is 2.17. The van der Waals surface area contributed by atoms with E-state index in [0.29, 0.717) is 39.7 Å². The highest BCUT2D eigenvalue weighted by Crippen LogP contribution is 2.36. The highest BCUT2D eigenvalue weighted by molar-refractivity contribution is 9.10. The molecule has 1 heterocycles. The lowest BCUT2D eigenvalue weighted by atomic mass is 10.2. The van der Waals surface area contributed by atoms with Crippen LogP contribution in [0.25, 0.3) is 11.4 Å². The first-order valence-electron chi connectivity index (χ1n) is 9.11. The first-order chi connectivity index (χ1) is 15.0. The molecule has 7 nitrogen and oxygen atoms in total. The lowest BCUT2D eigenvalue weighted by molar-refractivity contribution is -0.113. The van der Waals surface area contributed by atoms with Crippen LogP contribution < -0.4 is 14.8 Å². The van der Waals surface area contributed by atoms with E-state index < -0.39 is 0 Å². The maximum Gasteiger partial charge on any atom is 0.234 e. The van der Waals surface area contributed by atoms with Gasteiger partial charge < -0.3 is 14.8 Å². The number of carbonyl (C=O) groups is 1. The second-order valence-electron chi connectivity index (χ2n) is 6.24. The van der Waals surface area contributed by atoms with Gasteiger partial charge in [-0.25, -0.2) is 0 Å². The highest BCUT2D eigenvalue weighted by atomic mass is 79.9. The number of halogens is 2. The molecule has 0 bridgehead atoms. The van der Waals surface area contributed by atoms with E-state index in [0.717, 1.165) is 10.0 Å². The van der Waals surface area contributed by atoms with E-state index in [-0.39, 0.29) is 11.7 Å². The molecule has 0 spiro atoms. The van der Waals surface area contributed by atoms with Crippen LogP contribution in [-0.2, 0) is 11.3 Å². The number of hydrogen-bond acceptors (Lipinski definition) is 6. The van der Waals surface area contributed by atoms with Gasteiger partial charge in [-0.3, -0.25) is 9.36 Å². The fourth-order valence-corrected chi connectivity index (χ4v) is 4.02. The zero-order valence-electron chi connectivity index (χ0n) is 16.9. The molecule has 0 atom stereocenters. The molecule has 0 aliphatic carbocycles. The molecule has 2 aromatic carbocycles. The van der Waals surface area contributed by atoms with Crippen molar-refractivity contribution in [1.29, 1.82) is 0 Å². The van der Waals surface area contributed by atoms with Crippen LogP contribution in [0, 0.1) is 0 Å². The quantitative estimate of drug-likeness (QED) is 0.303. The molecule has 3 aromatic rings. The minimum absolute atomic E-state index is 0.129. The maximum atomic E-state index is 12.6. The number of allylic oxidation sites excluding steroid dienone is 1. The normalized spacial score (nSPS) is 10.6. The van der Waals surface area contributed by atoms with Crippen molar-refractivity contribution < 1.29 is 14.3 Å². The van der Waals surface area contributed by atoms with Crippen molar-refractivity contribution in [2.24, 2.45) is 0 Å². The Balaban J connectivity index is 1.75. The molecule has 0 unspecified atom stereocenters. The van der Waals surface area contributed by atoms with Crippen molar-refractivity contribution in [3.05, 3.63) is 58.5 Å². The average Bonchev–Trinajstić information content (AvgIpc) is 3.16. The largest absolute Gasteiger partial charge is 0.495 e. The Hall–Kier alpha value is -2.49. The van der Waals surface area contributed by atoms with Gasteiger partial charge in [0, 0.05) is 28.7 Å². The van der Waals surface area contributed by atoms with Crippen molar-refractivity contribution in [2.75, 3.05) is 25.3 Å². The van der Waals surface area contributed by atoms with Gasteiger partial charge in [0.05, 0.1) is 30.7 Å². The lowest BCUT2D eigenvalue weighted by Crippen LogP contribution is -2.15. The summed E-state index contributed by atoms with van der Waals surface area (Å²) in [6.45, 7) is 4.33. The van der Waals surface area contributed by atoms with Gasteiger partial charge in [0.15, 0.2) is 11.0 Å². The Morgan fingerprint density at radius 2 is 1.94 bits per heavy atom. The van der Waals surface area contributed by atoms with E-state index in [9.17, 15) is 4.79 Å². The third-order valence-corrected chi connectivity index (χ3v) is 6.00.